The Kier molecular flexibility index (Phi) is 7.26. The van der Waals surface area contributed by atoms with Gasteiger partial charge in [0.25, 0.3) is 11.5 Å². The number of pyridine rings is 1. The van der Waals surface area contributed by atoms with E-state index in [0.29, 0.717) is 56.5 Å². The van der Waals surface area contributed by atoms with Gasteiger partial charge in [0.2, 0.25) is 11.7 Å². The Morgan fingerprint density at radius 1 is 1.23 bits per heavy atom. The molecule has 0 unspecified atom stereocenters. The number of fused-ring (bicyclic) bond motifs is 2. The van der Waals surface area contributed by atoms with Crippen molar-refractivity contribution in [2.24, 2.45) is 5.73 Å². The van der Waals surface area contributed by atoms with Crippen molar-refractivity contribution in [2.45, 2.75) is 38.9 Å². The molecule has 1 fully saturated rings. The van der Waals surface area contributed by atoms with E-state index in [9.17, 15) is 23.9 Å². The fourth-order valence-corrected chi connectivity index (χ4v) is 5.70. The van der Waals surface area contributed by atoms with Crippen molar-refractivity contribution in [1.29, 1.82) is 0 Å². The van der Waals surface area contributed by atoms with Crippen LogP contribution in [0.25, 0.3) is 22.2 Å². The second kappa shape index (κ2) is 10.9. The fourth-order valence-electron chi connectivity index (χ4n) is 5.55. The zero-order valence-corrected chi connectivity index (χ0v) is 23.6. The maximum Gasteiger partial charge on any atom is 0.263 e. The molecule has 5 heterocycles. The SMILES string of the molecule is C[C@H]1COCCN1c1cc(NC(=O)Cn2cc(-c3cc(C(N)=O)c(O)c(F)c3F)c3c(=O)n4c(nc32)CCC4)c(Cl)cn1. The van der Waals surface area contributed by atoms with Gasteiger partial charge in [-0.1, -0.05) is 11.6 Å². The van der Waals surface area contributed by atoms with Crippen molar-refractivity contribution in [2.75, 3.05) is 30.0 Å². The first-order valence-electron chi connectivity index (χ1n) is 13.5. The molecule has 6 rings (SSSR count). The van der Waals surface area contributed by atoms with Gasteiger partial charge < -0.3 is 30.4 Å². The second-order valence-corrected chi connectivity index (χ2v) is 10.9. The van der Waals surface area contributed by atoms with Crippen molar-refractivity contribution in [3.8, 4) is 16.9 Å². The Morgan fingerprint density at radius 2 is 2.02 bits per heavy atom. The molecule has 4 aromatic rings. The topological polar surface area (TPSA) is 158 Å². The maximum absolute atomic E-state index is 15.2. The molecule has 0 bridgehead atoms. The summed E-state index contributed by atoms with van der Waals surface area (Å²) in [5, 5.41) is 12.8. The van der Waals surface area contributed by atoms with Gasteiger partial charge >= 0.3 is 0 Å². The molecule has 0 spiro atoms. The molecule has 0 radical (unpaired) electrons. The number of halogens is 3. The number of amides is 2. The van der Waals surface area contributed by atoms with Crippen LogP contribution < -0.4 is 21.5 Å². The van der Waals surface area contributed by atoms with Gasteiger partial charge in [0, 0.05) is 42.9 Å². The van der Waals surface area contributed by atoms with E-state index in [1.165, 1.54) is 21.5 Å². The quantitative estimate of drug-likeness (QED) is 0.300. The lowest BCUT2D eigenvalue weighted by atomic mass is 10.0. The molecule has 15 heteroatoms. The Morgan fingerprint density at radius 3 is 2.77 bits per heavy atom. The summed E-state index contributed by atoms with van der Waals surface area (Å²) in [6.07, 6.45) is 3.88. The number of carbonyl (C=O) groups is 2. The standard InChI is InChI=1S/C28H26ClF2N7O5/c1-13-12-43-6-5-37(13)20-8-18(17(29)9-33-20)34-21(39)11-36-10-16(14-7-15(26(32)41)25(40)24(31)23(14)30)22-27(36)35-19-3-2-4-38(19)28(22)42/h7-10,13,40H,2-6,11-12H2,1H3,(H2,32,41)(H,33,34,39)/t13-/m0/s1. The third-order valence-electron chi connectivity index (χ3n) is 7.66. The average molecular weight is 614 g/mol. The molecule has 224 valence electrons. The van der Waals surface area contributed by atoms with Crippen molar-refractivity contribution < 1.29 is 28.2 Å². The molecule has 3 aromatic heterocycles. The largest absolute Gasteiger partial charge is 0.504 e. The molecular formula is C28H26ClF2N7O5. The zero-order chi connectivity index (χ0) is 30.6. The summed E-state index contributed by atoms with van der Waals surface area (Å²) in [5.41, 5.74) is 3.85. The highest BCUT2D eigenvalue weighted by Gasteiger charge is 2.28. The molecule has 0 aliphatic carbocycles. The van der Waals surface area contributed by atoms with Crippen molar-refractivity contribution in [3.63, 3.8) is 0 Å². The van der Waals surface area contributed by atoms with E-state index < -0.39 is 45.9 Å². The van der Waals surface area contributed by atoms with Crippen LogP contribution in [-0.2, 0) is 29.0 Å². The Bertz CT molecular complexity index is 1870. The minimum Gasteiger partial charge on any atom is -0.504 e. The first-order chi connectivity index (χ1) is 20.5. The first-order valence-corrected chi connectivity index (χ1v) is 13.9. The second-order valence-electron chi connectivity index (χ2n) is 10.5. The molecular weight excluding hydrogens is 588 g/mol. The van der Waals surface area contributed by atoms with Gasteiger partial charge in [0.15, 0.2) is 11.6 Å². The van der Waals surface area contributed by atoms with Gasteiger partial charge in [0.05, 0.1) is 47.1 Å². The van der Waals surface area contributed by atoms with Gasteiger partial charge in [-0.2, -0.15) is 4.39 Å². The van der Waals surface area contributed by atoms with E-state index >= 15 is 4.39 Å². The average Bonchev–Trinajstić information content (AvgIpc) is 3.59. The lowest BCUT2D eigenvalue weighted by Crippen LogP contribution is -2.44. The van der Waals surface area contributed by atoms with Crippen LogP contribution >= 0.6 is 11.6 Å². The number of nitrogens with one attached hydrogen (secondary N) is 1. The minimum atomic E-state index is -1.70. The van der Waals surface area contributed by atoms with Crippen LogP contribution in [0.2, 0.25) is 5.02 Å². The molecule has 12 nitrogen and oxygen atoms in total. The number of nitrogens with zero attached hydrogens (tertiary/aromatic N) is 5. The predicted octanol–water partition coefficient (Wildman–Crippen LogP) is 2.81. The number of aryl methyl sites for hydroxylation is 1. The lowest BCUT2D eigenvalue weighted by Gasteiger charge is -2.34. The number of anilines is 2. The van der Waals surface area contributed by atoms with Crippen LogP contribution in [0, 0.1) is 11.6 Å². The Balaban J connectivity index is 1.41. The van der Waals surface area contributed by atoms with Crippen LogP contribution in [0.5, 0.6) is 5.75 Å². The highest BCUT2D eigenvalue weighted by atomic mass is 35.5. The van der Waals surface area contributed by atoms with Crippen molar-refractivity contribution >= 4 is 46.0 Å². The zero-order valence-electron chi connectivity index (χ0n) is 22.9. The van der Waals surface area contributed by atoms with Crippen LogP contribution in [0.3, 0.4) is 0 Å². The van der Waals surface area contributed by atoms with E-state index in [0.717, 1.165) is 6.07 Å². The van der Waals surface area contributed by atoms with E-state index in [4.69, 9.17) is 22.1 Å². The number of hydrogen-bond donors (Lipinski definition) is 3. The van der Waals surface area contributed by atoms with Gasteiger partial charge in [-0.05, 0) is 19.4 Å². The van der Waals surface area contributed by atoms with Crippen LogP contribution in [0.1, 0.15) is 29.5 Å². The molecule has 1 saturated heterocycles. The molecule has 43 heavy (non-hydrogen) atoms. The number of ether oxygens (including phenoxy) is 1. The normalized spacial score (nSPS) is 16.5. The summed E-state index contributed by atoms with van der Waals surface area (Å²) >= 11 is 6.35. The predicted molar refractivity (Wildman–Crippen MR) is 153 cm³/mol. The summed E-state index contributed by atoms with van der Waals surface area (Å²) in [5.74, 6) is -5.09. The van der Waals surface area contributed by atoms with E-state index in [2.05, 4.69) is 15.3 Å². The highest BCUT2D eigenvalue weighted by molar-refractivity contribution is 6.33. The molecule has 1 atom stereocenters. The molecule has 2 aliphatic heterocycles. The summed E-state index contributed by atoms with van der Waals surface area (Å²) in [7, 11) is 0. The van der Waals surface area contributed by atoms with Gasteiger partial charge in [-0.25, -0.2) is 14.4 Å². The van der Waals surface area contributed by atoms with Gasteiger partial charge in [-0.3, -0.25) is 19.0 Å². The Labute approximate surface area is 247 Å². The van der Waals surface area contributed by atoms with E-state index in [1.807, 2.05) is 11.8 Å². The summed E-state index contributed by atoms with van der Waals surface area (Å²) < 4.78 is 38.1. The van der Waals surface area contributed by atoms with Crippen LogP contribution in [0.4, 0.5) is 20.3 Å². The first kappa shape index (κ1) is 28.6. The summed E-state index contributed by atoms with van der Waals surface area (Å²) in [6.45, 7) is 3.66. The van der Waals surface area contributed by atoms with E-state index in [-0.39, 0.29) is 34.2 Å². The van der Waals surface area contributed by atoms with Gasteiger partial charge in [0.1, 0.15) is 23.8 Å². The van der Waals surface area contributed by atoms with Gasteiger partial charge in [-0.15, -0.1) is 0 Å². The number of rotatable bonds is 6. The third-order valence-corrected chi connectivity index (χ3v) is 7.97. The molecule has 4 N–H and O–H groups in total. The monoisotopic (exact) mass is 613 g/mol. The number of morpholine rings is 1. The van der Waals surface area contributed by atoms with Crippen LogP contribution in [0.15, 0.2) is 29.3 Å². The number of benzene rings is 1. The lowest BCUT2D eigenvalue weighted by molar-refractivity contribution is -0.116. The maximum atomic E-state index is 15.2. The molecule has 2 aliphatic rings. The number of primary amides is 1. The summed E-state index contributed by atoms with van der Waals surface area (Å²) in [6, 6.07) is 2.58. The fraction of sp³-hybridized carbons (Fsp3) is 0.321. The Hall–Kier alpha value is -4.56. The summed E-state index contributed by atoms with van der Waals surface area (Å²) in [4.78, 5) is 49.7. The van der Waals surface area contributed by atoms with Crippen LogP contribution in [-0.4, -0.2) is 61.8 Å². The number of nitrogens with two attached hydrogens (primary N) is 1. The number of phenols is 1. The van der Waals surface area contributed by atoms with Crippen molar-refractivity contribution in [3.05, 3.63) is 62.9 Å². The van der Waals surface area contributed by atoms with Crippen molar-refractivity contribution in [1.82, 2.24) is 19.1 Å². The number of hydrogen-bond acceptors (Lipinski definition) is 8. The van der Waals surface area contributed by atoms with E-state index in [1.54, 1.807) is 6.07 Å². The number of aromatic hydroxyl groups is 1. The number of aromatic nitrogens is 4. The number of carbonyl (C=O) groups excluding carboxylic acids is 2. The molecule has 2 amide bonds. The smallest absolute Gasteiger partial charge is 0.263 e. The third kappa shape index (κ3) is 4.95. The minimum absolute atomic E-state index is 0.0582. The molecule has 0 saturated carbocycles. The molecule has 1 aromatic carbocycles. The highest BCUT2D eigenvalue weighted by Crippen LogP contribution is 2.36.